The van der Waals surface area contributed by atoms with Gasteiger partial charge in [-0.05, 0) is 51.9 Å². The van der Waals surface area contributed by atoms with Crippen molar-refractivity contribution in [3.8, 4) is 0 Å². The minimum Gasteiger partial charge on any atom is -0.465 e. The van der Waals surface area contributed by atoms with Crippen molar-refractivity contribution in [3.63, 3.8) is 0 Å². The van der Waals surface area contributed by atoms with E-state index in [-0.39, 0.29) is 0 Å². The summed E-state index contributed by atoms with van der Waals surface area (Å²) in [6, 6.07) is 5.96. The third-order valence-electron chi connectivity index (χ3n) is 2.89. The quantitative estimate of drug-likeness (QED) is 0.760. The molecule has 0 spiro atoms. The molecule has 2 aromatic rings. The van der Waals surface area contributed by atoms with Crippen molar-refractivity contribution >= 4 is 5.95 Å². The fraction of sp³-hybridized carbons (Fsp3) is 0.467. The van der Waals surface area contributed by atoms with Gasteiger partial charge in [0.05, 0.1) is 6.54 Å². The normalized spacial score (nSPS) is 10.8. The van der Waals surface area contributed by atoms with E-state index >= 15 is 0 Å². The fourth-order valence-electron chi connectivity index (χ4n) is 2.01. The molecule has 0 saturated heterocycles. The van der Waals surface area contributed by atoms with E-state index in [0.29, 0.717) is 5.95 Å². The van der Waals surface area contributed by atoms with Crippen molar-refractivity contribution in [2.45, 2.75) is 33.7 Å². The topological polar surface area (TPSA) is 63.0 Å². The Labute approximate surface area is 119 Å². The van der Waals surface area contributed by atoms with E-state index in [1.54, 1.807) is 0 Å². The molecule has 0 aromatic carbocycles. The summed E-state index contributed by atoms with van der Waals surface area (Å²) in [7, 11) is 0. The van der Waals surface area contributed by atoms with E-state index in [9.17, 15) is 0 Å². The molecular weight excluding hydrogens is 252 g/mol. The summed E-state index contributed by atoms with van der Waals surface area (Å²) in [4.78, 5) is 8.69. The van der Waals surface area contributed by atoms with Crippen LogP contribution in [0.25, 0.3) is 0 Å². The zero-order chi connectivity index (χ0) is 14.4. The second kappa shape index (κ2) is 7.05. The highest BCUT2D eigenvalue weighted by molar-refractivity contribution is 5.27. The maximum absolute atomic E-state index is 5.49. The van der Waals surface area contributed by atoms with Crippen molar-refractivity contribution in [2.75, 3.05) is 18.4 Å². The number of hydrogen-bond donors (Lipinski definition) is 2. The first-order valence-corrected chi connectivity index (χ1v) is 6.95. The Hall–Kier alpha value is -1.88. The first kappa shape index (κ1) is 14.5. The Morgan fingerprint density at radius 2 is 1.80 bits per heavy atom. The van der Waals surface area contributed by atoms with Gasteiger partial charge in [-0.15, -0.1) is 0 Å². The average molecular weight is 274 g/mol. The predicted octanol–water partition coefficient (Wildman–Crippen LogP) is 2.59. The van der Waals surface area contributed by atoms with Gasteiger partial charge < -0.3 is 15.1 Å². The second-order valence-corrected chi connectivity index (χ2v) is 4.94. The van der Waals surface area contributed by atoms with E-state index in [0.717, 1.165) is 49.0 Å². The molecule has 0 saturated carbocycles. The van der Waals surface area contributed by atoms with E-state index in [1.165, 1.54) is 0 Å². The molecule has 0 fully saturated rings. The van der Waals surface area contributed by atoms with Crippen LogP contribution in [0, 0.1) is 20.8 Å². The van der Waals surface area contributed by atoms with Gasteiger partial charge in [0, 0.05) is 17.9 Å². The third-order valence-corrected chi connectivity index (χ3v) is 2.89. The van der Waals surface area contributed by atoms with Crippen molar-refractivity contribution in [1.82, 2.24) is 15.3 Å². The van der Waals surface area contributed by atoms with Crippen LogP contribution in [0.2, 0.25) is 0 Å². The Balaban J connectivity index is 1.61. The van der Waals surface area contributed by atoms with Crippen LogP contribution in [0.3, 0.4) is 0 Å². The number of hydrogen-bond acceptors (Lipinski definition) is 5. The predicted molar refractivity (Wildman–Crippen MR) is 79.8 cm³/mol. The molecule has 108 valence electrons. The van der Waals surface area contributed by atoms with Crippen LogP contribution in [0.4, 0.5) is 5.95 Å². The number of aromatic nitrogens is 2. The van der Waals surface area contributed by atoms with Crippen LogP contribution in [-0.2, 0) is 6.54 Å². The SMILES string of the molecule is Cc1cc(C)nc(NCCCNCc2ccc(C)o2)n1. The summed E-state index contributed by atoms with van der Waals surface area (Å²) in [5, 5.41) is 6.59. The summed E-state index contributed by atoms with van der Waals surface area (Å²) in [6.07, 6.45) is 1.01. The summed E-state index contributed by atoms with van der Waals surface area (Å²) >= 11 is 0. The van der Waals surface area contributed by atoms with Crippen LogP contribution in [-0.4, -0.2) is 23.1 Å². The van der Waals surface area contributed by atoms with E-state index in [4.69, 9.17) is 4.42 Å². The van der Waals surface area contributed by atoms with Crippen molar-refractivity contribution in [3.05, 3.63) is 41.1 Å². The molecule has 2 rings (SSSR count). The largest absolute Gasteiger partial charge is 0.465 e. The van der Waals surface area contributed by atoms with Gasteiger partial charge >= 0.3 is 0 Å². The maximum Gasteiger partial charge on any atom is 0.223 e. The average Bonchev–Trinajstić information content (AvgIpc) is 2.78. The Bertz CT molecular complexity index is 530. The highest BCUT2D eigenvalue weighted by Gasteiger charge is 1.99. The molecule has 2 N–H and O–H groups in total. The summed E-state index contributed by atoms with van der Waals surface area (Å²) in [6.45, 7) is 8.47. The molecule has 5 nitrogen and oxygen atoms in total. The highest BCUT2D eigenvalue weighted by atomic mass is 16.3. The van der Waals surface area contributed by atoms with Crippen molar-refractivity contribution in [2.24, 2.45) is 0 Å². The van der Waals surface area contributed by atoms with Gasteiger partial charge in [-0.1, -0.05) is 0 Å². The lowest BCUT2D eigenvalue weighted by Crippen LogP contribution is -2.18. The second-order valence-electron chi connectivity index (χ2n) is 4.94. The first-order valence-electron chi connectivity index (χ1n) is 6.95. The van der Waals surface area contributed by atoms with Crippen LogP contribution >= 0.6 is 0 Å². The van der Waals surface area contributed by atoms with Gasteiger partial charge in [-0.3, -0.25) is 0 Å². The molecule has 5 heteroatoms. The molecule has 0 unspecified atom stereocenters. The Morgan fingerprint density at radius 3 is 2.45 bits per heavy atom. The minimum atomic E-state index is 0.712. The number of furan rings is 1. The first-order chi connectivity index (χ1) is 9.63. The molecule has 20 heavy (non-hydrogen) atoms. The van der Waals surface area contributed by atoms with Gasteiger partial charge in [0.2, 0.25) is 5.95 Å². The van der Waals surface area contributed by atoms with Crippen molar-refractivity contribution in [1.29, 1.82) is 0 Å². The van der Waals surface area contributed by atoms with Gasteiger partial charge in [0.1, 0.15) is 11.5 Å². The van der Waals surface area contributed by atoms with Crippen LogP contribution in [0.1, 0.15) is 29.3 Å². The molecule has 0 aliphatic heterocycles. The molecule has 2 heterocycles. The highest BCUT2D eigenvalue weighted by Crippen LogP contribution is 2.05. The minimum absolute atomic E-state index is 0.712. The summed E-state index contributed by atoms with van der Waals surface area (Å²) in [5.41, 5.74) is 1.98. The number of aryl methyl sites for hydroxylation is 3. The molecule has 0 aliphatic carbocycles. The van der Waals surface area contributed by atoms with Crippen molar-refractivity contribution < 1.29 is 4.42 Å². The molecular formula is C15H22N4O. The zero-order valence-electron chi connectivity index (χ0n) is 12.4. The molecule has 0 amide bonds. The van der Waals surface area contributed by atoms with E-state index in [1.807, 2.05) is 39.0 Å². The molecule has 2 aromatic heterocycles. The van der Waals surface area contributed by atoms with E-state index in [2.05, 4.69) is 20.6 Å². The lowest BCUT2D eigenvalue weighted by atomic mass is 10.3. The van der Waals surface area contributed by atoms with E-state index < -0.39 is 0 Å². The summed E-state index contributed by atoms with van der Waals surface area (Å²) in [5.74, 6) is 2.65. The number of nitrogens with zero attached hydrogens (tertiary/aromatic N) is 2. The number of nitrogens with one attached hydrogen (secondary N) is 2. The lowest BCUT2D eigenvalue weighted by molar-refractivity contribution is 0.461. The number of anilines is 1. The third kappa shape index (κ3) is 4.66. The Morgan fingerprint density at radius 1 is 1.05 bits per heavy atom. The number of rotatable bonds is 7. The maximum atomic E-state index is 5.49. The Kier molecular flexibility index (Phi) is 5.12. The fourth-order valence-corrected chi connectivity index (χ4v) is 2.01. The standard InChI is InChI=1S/C15H22N4O/c1-11-9-12(2)19-15(18-11)17-8-4-7-16-10-14-6-5-13(3)20-14/h5-6,9,16H,4,7-8,10H2,1-3H3,(H,17,18,19). The molecule has 0 bridgehead atoms. The lowest BCUT2D eigenvalue weighted by Gasteiger charge is -2.07. The van der Waals surface area contributed by atoms with Gasteiger partial charge in [0.15, 0.2) is 0 Å². The van der Waals surface area contributed by atoms with Gasteiger partial charge in [-0.25, -0.2) is 9.97 Å². The molecule has 0 aliphatic rings. The molecule has 0 atom stereocenters. The van der Waals surface area contributed by atoms with Gasteiger partial charge in [0.25, 0.3) is 0 Å². The smallest absolute Gasteiger partial charge is 0.223 e. The summed E-state index contributed by atoms with van der Waals surface area (Å²) < 4.78 is 5.49. The molecule has 0 radical (unpaired) electrons. The van der Waals surface area contributed by atoms with Crippen LogP contribution in [0.5, 0.6) is 0 Å². The zero-order valence-corrected chi connectivity index (χ0v) is 12.4. The monoisotopic (exact) mass is 274 g/mol. The van der Waals surface area contributed by atoms with Crippen LogP contribution < -0.4 is 10.6 Å². The van der Waals surface area contributed by atoms with Crippen LogP contribution in [0.15, 0.2) is 22.6 Å². The van der Waals surface area contributed by atoms with Gasteiger partial charge in [-0.2, -0.15) is 0 Å².